The van der Waals surface area contributed by atoms with Crippen molar-refractivity contribution in [3.63, 3.8) is 0 Å². The highest BCUT2D eigenvalue weighted by molar-refractivity contribution is 6.06. The number of aliphatic imine (C=N–C) groups is 1. The molecule has 0 atom stereocenters. The summed E-state index contributed by atoms with van der Waals surface area (Å²) >= 11 is 0. The molecular weight excluding hydrogens is 243 g/mol. The largest absolute Gasteiger partial charge is 0.400 e. The predicted molar refractivity (Wildman–Crippen MR) is 77.4 cm³/mol. The fraction of sp³-hybridized carbons (Fsp3) is 0.133. The lowest BCUT2D eigenvalue weighted by Gasteiger charge is -2.00. The molecule has 100 valence electrons. The molecule has 0 saturated heterocycles. The second kappa shape index (κ2) is 5.63. The summed E-state index contributed by atoms with van der Waals surface area (Å²) in [6.07, 6.45) is 0.756. The standard InChI is InChI=1S/C14H11FN2.CH4O.H2/c15-11-3-1-9(2-4-11)14-8-10-7-12(16)5-6-13(10)17-14;1-2;/h1-7H,8,16H2;2H,1H3;1H. The van der Waals surface area contributed by atoms with Crippen LogP contribution in [0, 0.1) is 5.82 Å². The summed E-state index contributed by atoms with van der Waals surface area (Å²) in [4.78, 5) is 4.53. The molecule has 4 heteroatoms. The van der Waals surface area contributed by atoms with E-state index in [9.17, 15) is 4.39 Å². The molecular formula is C15H17FN2O. The Balaban J connectivity index is 0.000000639. The minimum Gasteiger partial charge on any atom is -0.400 e. The molecule has 0 aromatic heterocycles. The van der Waals surface area contributed by atoms with Gasteiger partial charge in [-0.05, 0) is 41.5 Å². The fourth-order valence-electron chi connectivity index (χ4n) is 2.03. The molecule has 2 aromatic rings. The van der Waals surface area contributed by atoms with Crippen LogP contribution in [0.5, 0.6) is 0 Å². The number of aliphatic hydroxyl groups is 1. The highest BCUT2D eigenvalue weighted by Crippen LogP contribution is 2.30. The van der Waals surface area contributed by atoms with Gasteiger partial charge in [0.15, 0.2) is 0 Å². The number of fused-ring (bicyclic) bond motifs is 1. The van der Waals surface area contributed by atoms with Crippen LogP contribution in [0.2, 0.25) is 0 Å². The summed E-state index contributed by atoms with van der Waals surface area (Å²) in [6, 6.07) is 12.1. The van der Waals surface area contributed by atoms with Crippen molar-refractivity contribution in [3.8, 4) is 0 Å². The Labute approximate surface area is 112 Å². The van der Waals surface area contributed by atoms with Crippen LogP contribution in [-0.2, 0) is 6.42 Å². The number of nitrogen functional groups attached to an aromatic ring is 1. The highest BCUT2D eigenvalue weighted by Gasteiger charge is 2.15. The fourth-order valence-corrected chi connectivity index (χ4v) is 2.03. The van der Waals surface area contributed by atoms with Crippen LogP contribution < -0.4 is 5.73 Å². The number of halogens is 1. The van der Waals surface area contributed by atoms with Gasteiger partial charge in [0.05, 0.1) is 11.4 Å². The van der Waals surface area contributed by atoms with Crippen molar-refractivity contribution in [2.24, 2.45) is 4.99 Å². The van der Waals surface area contributed by atoms with Gasteiger partial charge in [-0.1, -0.05) is 12.1 Å². The molecule has 1 aliphatic heterocycles. The molecule has 0 amide bonds. The van der Waals surface area contributed by atoms with Gasteiger partial charge in [-0.15, -0.1) is 0 Å². The van der Waals surface area contributed by atoms with E-state index in [0.29, 0.717) is 0 Å². The Morgan fingerprint density at radius 3 is 2.53 bits per heavy atom. The summed E-state index contributed by atoms with van der Waals surface area (Å²) < 4.78 is 12.8. The summed E-state index contributed by atoms with van der Waals surface area (Å²) in [6.45, 7) is 0. The highest BCUT2D eigenvalue weighted by atomic mass is 19.1. The first-order chi connectivity index (χ1) is 9.22. The number of hydrogen-bond donors (Lipinski definition) is 2. The molecule has 0 spiro atoms. The first-order valence-corrected chi connectivity index (χ1v) is 5.89. The predicted octanol–water partition coefficient (Wildman–Crippen LogP) is 2.94. The van der Waals surface area contributed by atoms with Crippen molar-refractivity contribution in [2.75, 3.05) is 12.8 Å². The molecule has 0 fully saturated rings. The molecule has 3 rings (SSSR count). The van der Waals surface area contributed by atoms with Gasteiger partial charge in [-0.3, -0.25) is 4.99 Å². The maximum Gasteiger partial charge on any atom is 0.123 e. The Kier molecular flexibility index (Phi) is 3.92. The van der Waals surface area contributed by atoms with E-state index in [4.69, 9.17) is 10.8 Å². The lowest BCUT2D eigenvalue weighted by atomic mass is 10.0. The SMILES string of the molecule is CO.Nc1ccc2c(c1)CC(c1ccc(F)cc1)=N2.[HH]. The minimum absolute atomic E-state index is 0. The first-order valence-electron chi connectivity index (χ1n) is 5.89. The minimum atomic E-state index is -0.228. The average Bonchev–Trinajstić information content (AvgIpc) is 2.84. The van der Waals surface area contributed by atoms with Crippen LogP contribution in [0.15, 0.2) is 47.5 Å². The molecule has 1 aliphatic rings. The van der Waals surface area contributed by atoms with Crippen LogP contribution in [0.25, 0.3) is 0 Å². The molecule has 3 nitrogen and oxygen atoms in total. The molecule has 3 N–H and O–H groups in total. The topological polar surface area (TPSA) is 58.6 Å². The van der Waals surface area contributed by atoms with E-state index < -0.39 is 0 Å². The normalized spacial score (nSPS) is 12.3. The third-order valence-corrected chi connectivity index (χ3v) is 2.89. The Bertz CT molecular complexity index is 612. The first kappa shape index (κ1) is 13.2. The molecule has 0 aliphatic carbocycles. The maximum atomic E-state index is 12.8. The van der Waals surface area contributed by atoms with E-state index in [-0.39, 0.29) is 7.24 Å². The Morgan fingerprint density at radius 2 is 1.84 bits per heavy atom. The van der Waals surface area contributed by atoms with Crippen LogP contribution in [0.1, 0.15) is 12.6 Å². The van der Waals surface area contributed by atoms with Crippen molar-refractivity contribution in [1.82, 2.24) is 0 Å². The van der Waals surface area contributed by atoms with E-state index in [0.717, 1.165) is 41.7 Å². The average molecular weight is 260 g/mol. The van der Waals surface area contributed by atoms with Crippen LogP contribution in [-0.4, -0.2) is 17.9 Å². The van der Waals surface area contributed by atoms with E-state index in [2.05, 4.69) is 4.99 Å². The summed E-state index contributed by atoms with van der Waals surface area (Å²) in [5, 5.41) is 7.00. The van der Waals surface area contributed by atoms with Gasteiger partial charge in [0, 0.05) is 20.6 Å². The van der Waals surface area contributed by atoms with E-state index >= 15 is 0 Å². The van der Waals surface area contributed by atoms with Crippen LogP contribution in [0.3, 0.4) is 0 Å². The number of aliphatic hydroxyl groups excluding tert-OH is 1. The zero-order valence-electron chi connectivity index (χ0n) is 10.6. The summed E-state index contributed by atoms with van der Waals surface area (Å²) in [5.74, 6) is -0.228. The second-order valence-electron chi connectivity index (χ2n) is 4.13. The number of hydrogen-bond acceptors (Lipinski definition) is 3. The lowest BCUT2D eigenvalue weighted by Crippen LogP contribution is -2.00. The number of benzene rings is 2. The van der Waals surface area contributed by atoms with Gasteiger partial charge in [0.1, 0.15) is 5.82 Å². The van der Waals surface area contributed by atoms with Gasteiger partial charge in [-0.2, -0.15) is 0 Å². The van der Waals surface area contributed by atoms with E-state index in [1.807, 2.05) is 18.2 Å². The molecule has 0 unspecified atom stereocenters. The molecule has 0 bridgehead atoms. The zero-order valence-corrected chi connectivity index (χ0v) is 10.6. The van der Waals surface area contributed by atoms with Crippen molar-refractivity contribution in [2.45, 2.75) is 6.42 Å². The van der Waals surface area contributed by atoms with Crippen molar-refractivity contribution >= 4 is 17.1 Å². The monoisotopic (exact) mass is 260 g/mol. The number of nitrogens with zero attached hydrogens (tertiary/aromatic N) is 1. The molecule has 1 heterocycles. The van der Waals surface area contributed by atoms with Crippen LogP contribution >= 0.6 is 0 Å². The summed E-state index contributed by atoms with van der Waals surface area (Å²) in [5.41, 5.74) is 10.5. The van der Waals surface area contributed by atoms with Crippen molar-refractivity contribution in [3.05, 3.63) is 59.4 Å². The van der Waals surface area contributed by atoms with Gasteiger partial charge in [0.2, 0.25) is 0 Å². The van der Waals surface area contributed by atoms with Gasteiger partial charge in [0.25, 0.3) is 0 Å². The van der Waals surface area contributed by atoms with Crippen molar-refractivity contribution < 1.29 is 10.9 Å². The molecule has 19 heavy (non-hydrogen) atoms. The van der Waals surface area contributed by atoms with Crippen LogP contribution in [0.4, 0.5) is 15.8 Å². The third kappa shape index (κ3) is 2.80. The second-order valence-corrected chi connectivity index (χ2v) is 4.13. The lowest BCUT2D eigenvalue weighted by molar-refractivity contribution is 0.399. The smallest absolute Gasteiger partial charge is 0.123 e. The zero-order chi connectivity index (χ0) is 13.8. The molecule has 0 saturated carbocycles. The van der Waals surface area contributed by atoms with Gasteiger partial charge in [-0.25, -0.2) is 4.39 Å². The maximum absolute atomic E-state index is 12.8. The Morgan fingerprint density at radius 1 is 1.16 bits per heavy atom. The number of nitrogens with two attached hydrogens (primary N) is 1. The van der Waals surface area contributed by atoms with Crippen molar-refractivity contribution in [1.29, 1.82) is 0 Å². The molecule has 0 radical (unpaired) electrons. The quantitative estimate of drug-likeness (QED) is 0.774. The number of rotatable bonds is 1. The van der Waals surface area contributed by atoms with E-state index in [1.165, 1.54) is 12.1 Å². The summed E-state index contributed by atoms with van der Waals surface area (Å²) in [7, 11) is 1.00. The van der Waals surface area contributed by atoms with E-state index in [1.54, 1.807) is 12.1 Å². The Hall–Kier alpha value is -2.20. The third-order valence-electron chi connectivity index (χ3n) is 2.89. The number of anilines is 1. The van der Waals surface area contributed by atoms with Gasteiger partial charge < -0.3 is 10.8 Å². The van der Waals surface area contributed by atoms with Gasteiger partial charge >= 0.3 is 0 Å². The molecule has 2 aromatic carbocycles.